The van der Waals surface area contributed by atoms with Crippen LogP contribution in [0.1, 0.15) is 29.5 Å². The number of carboxylic acid groups (broad SMARTS) is 1. The molecule has 2 unspecified atom stereocenters. The maximum Gasteiger partial charge on any atom is 0.306 e. The second-order valence-corrected chi connectivity index (χ2v) is 3.35. The molecular formula is C9H13NO5. The summed E-state index contributed by atoms with van der Waals surface area (Å²) in [6.45, 7) is 3.20. The van der Waals surface area contributed by atoms with Crippen LogP contribution in [-0.2, 0) is 4.79 Å². The number of aromatic nitrogens is 1. The van der Waals surface area contributed by atoms with Gasteiger partial charge in [-0.05, 0) is 13.8 Å². The number of aliphatic hydroxyl groups excluding tert-OH is 2. The Bertz CT molecular complexity index is 340. The highest BCUT2D eigenvalue weighted by Gasteiger charge is 2.26. The van der Waals surface area contributed by atoms with Crippen molar-refractivity contribution in [1.82, 2.24) is 5.16 Å². The molecule has 1 rings (SSSR count). The maximum absolute atomic E-state index is 10.3. The lowest BCUT2D eigenvalue weighted by Gasteiger charge is -2.15. The van der Waals surface area contributed by atoms with E-state index in [2.05, 4.69) is 5.16 Å². The van der Waals surface area contributed by atoms with E-state index in [0.717, 1.165) is 0 Å². The van der Waals surface area contributed by atoms with Crippen LogP contribution >= 0.6 is 0 Å². The first-order chi connectivity index (χ1) is 6.93. The van der Waals surface area contributed by atoms with Gasteiger partial charge in [-0.15, -0.1) is 0 Å². The van der Waals surface area contributed by atoms with Crippen LogP contribution < -0.4 is 0 Å². The minimum absolute atomic E-state index is 0.351. The van der Waals surface area contributed by atoms with Crippen molar-refractivity contribution in [1.29, 1.82) is 0 Å². The van der Waals surface area contributed by atoms with Gasteiger partial charge in [-0.25, -0.2) is 0 Å². The molecule has 0 aliphatic rings. The van der Waals surface area contributed by atoms with E-state index in [9.17, 15) is 15.0 Å². The summed E-state index contributed by atoms with van der Waals surface area (Å²) in [5.74, 6) is -0.794. The summed E-state index contributed by atoms with van der Waals surface area (Å²) >= 11 is 0. The number of carboxylic acids is 1. The number of nitrogens with zero attached hydrogens (tertiary/aromatic N) is 1. The van der Waals surface area contributed by atoms with E-state index in [1.54, 1.807) is 13.8 Å². The molecule has 1 aromatic heterocycles. The van der Waals surface area contributed by atoms with E-state index in [4.69, 9.17) is 9.63 Å². The van der Waals surface area contributed by atoms with Crippen molar-refractivity contribution < 1.29 is 24.6 Å². The lowest BCUT2D eigenvalue weighted by atomic mass is 10.0. The summed E-state index contributed by atoms with van der Waals surface area (Å²) in [6, 6.07) is 0. The minimum atomic E-state index is -1.36. The molecule has 3 N–H and O–H groups in total. The monoisotopic (exact) mass is 215 g/mol. The Balaban J connectivity index is 2.84. The average Bonchev–Trinajstić information content (AvgIpc) is 2.44. The fourth-order valence-electron chi connectivity index (χ4n) is 1.40. The van der Waals surface area contributed by atoms with E-state index in [-0.39, 0.29) is 0 Å². The molecule has 6 nitrogen and oxygen atoms in total. The van der Waals surface area contributed by atoms with Crippen molar-refractivity contribution in [2.75, 3.05) is 0 Å². The van der Waals surface area contributed by atoms with Crippen LogP contribution in [0.3, 0.4) is 0 Å². The van der Waals surface area contributed by atoms with Gasteiger partial charge in [0.1, 0.15) is 11.9 Å². The average molecular weight is 215 g/mol. The molecule has 0 spiro atoms. The highest BCUT2D eigenvalue weighted by molar-refractivity contribution is 5.67. The van der Waals surface area contributed by atoms with Gasteiger partial charge in [0.2, 0.25) is 0 Å². The predicted molar refractivity (Wildman–Crippen MR) is 49.2 cm³/mol. The number of aliphatic carboxylic acids is 1. The van der Waals surface area contributed by atoms with Crippen molar-refractivity contribution in [2.24, 2.45) is 0 Å². The van der Waals surface area contributed by atoms with Gasteiger partial charge in [-0.2, -0.15) is 0 Å². The fraction of sp³-hybridized carbons (Fsp3) is 0.556. The summed E-state index contributed by atoms with van der Waals surface area (Å²) in [7, 11) is 0. The fourth-order valence-corrected chi connectivity index (χ4v) is 1.40. The van der Waals surface area contributed by atoms with Crippen molar-refractivity contribution >= 4 is 5.97 Å². The van der Waals surface area contributed by atoms with E-state index in [1.165, 1.54) is 0 Å². The van der Waals surface area contributed by atoms with Crippen LogP contribution in [0, 0.1) is 13.8 Å². The van der Waals surface area contributed by atoms with E-state index in [0.29, 0.717) is 17.0 Å². The first kappa shape index (κ1) is 11.7. The summed E-state index contributed by atoms with van der Waals surface area (Å²) in [5.41, 5.74) is 0.799. The first-order valence-electron chi connectivity index (χ1n) is 4.44. The summed E-state index contributed by atoms with van der Waals surface area (Å²) < 4.78 is 4.80. The van der Waals surface area contributed by atoms with Gasteiger partial charge in [-0.1, -0.05) is 5.16 Å². The van der Waals surface area contributed by atoms with Crippen LogP contribution in [0.15, 0.2) is 4.52 Å². The van der Waals surface area contributed by atoms with Gasteiger partial charge < -0.3 is 19.8 Å². The Kier molecular flexibility index (Phi) is 3.43. The number of aliphatic hydroxyl groups is 2. The number of hydrogen-bond acceptors (Lipinski definition) is 5. The smallest absolute Gasteiger partial charge is 0.306 e. The van der Waals surface area contributed by atoms with E-state index in [1.807, 2.05) is 0 Å². The minimum Gasteiger partial charge on any atom is -0.481 e. The summed E-state index contributed by atoms with van der Waals surface area (Å²) in [5, 5.41) is 31.1. The van der Waals surface area contributed by atoms with Crippen LogP contribution in [0.4, 0.5) is 0 Å². The lowest BCUT2D eigenvalue weighted by molar-refractivity contribution is -0.141. The Labute approximate surface area is 86.1 Å². The highest BCUT2D eigenvalue weighted by atomic mass is 16.5. The van der Waals surface area contributed by atoms with Crippen LogP contribution in [0.5, 0.6) is 0 Å². The molecule has 1 heterocycles. The molecule has 0 radical (unpaired) electrons. The molecule has 84 valence electrons. The SMILES string of the molecule is Cc1noc(C)c1C(O)C(O)CC(=O)O. The van der Waals surface area contributed by atoms with Gasteiger partial charge in [-0.3, -0.25) is 4.79 Å². The predicted octanol–water partition coefficient (Wildman–Crippen LogP) is 0.160. The van der Waals surface area contributed by atoms with Crippen molar-refractivity contribution in [3.8, 4) is 0 Å². The second kappa shape index (κ2) is 4.41. The van der Waals surface area contributed by atoms with Crippen molar-refractivity contribution in [2.45, 2.75) is 32.5 Å². The molecular weight excluding hydrogens is 202 g/mol. The zero-order valence-electron chi connectivity index (χ0n) is 8.47. The van der Waals surface area contributed by atoms with Crippen molar-refractivity contribution in [3.05, 3.63) is 17.0 Å². The van der Waals surface area contributed by atoms with Gasteiger partial charge in [0.25, 0.3) is 0 Å². The molecule has 0 fully saturated rings. The van der Waals surface area contributed by atoms with Crippen molar-refractivity contribution in [3.63, 3.8) is 0 Å². The van der Waals surface area contributed by atoms with Gasteiger partial charge >= 0.3 is 5.97 Å². The third-order valence-corrected chi connectivity index (χ3v) is 2.13. The Hall–Kier alpha value is -1.40. The topological polar surface area (TPSA) is 104 Å². The largest absolute Gasteiger partial charge is 0.481 e. The first-order valence-corrected chi connectivity index (χ1v) is 4.44. The Morgan fingerprint density at radius 2 is 2.07 bits per heavy atom. The number of aryl methyl sites for hydroxylation is 2. The third kappa shape index (κ3) is 2.54. The summed E-state index contributed by atoms with van der Waals surface area (Å²) in [4.78, 5) is 10.3. The quantitative estimate of drug-likeness (QED) is 0.661. The number of carbonyl (C=O) groups is 1. The molecule has 1 aromatic rings. The van der Waals surface area contributed by atoms with Gasteiger partial charge in [0.15, 0.2) is 0 Å². The van der Waals surface area contributed by atoms with Crippen LogP contribution in [0.2, 0.25) is 0 Å². The Morgan fingerprint density at radius 1 is 1.47 bits per heavy atom. The number of rotatable bonds is 4. The van der Waals surface area contributed by atoms with Crippen LogP contribution in [0.25, 0.3) is 0 Å². The molecule has 0 saturated heterocycles. The zero-order chi connectivity index (χ0) is 11.6. The molecule has 15 heavy (non-hydrogen) atoms. The highest BCUT2D eigenvalue weighted by Crippen LogP contribution is 2.25. The molecule has 0 saturated carbocycles. The third-order valence-electron chi connectivity index (χ3n) is 2.13. The molecule has 0 aliphatic carbocycles. The molecule has 0 amide bonds. The lowest BCUT2D eigenvalue weighted by Crippen LogP contribution is -2.22. The normalized spacial score (nSPS) is 14.9. The van der Waals surface area contributed by atoms with E-state index < -0.39 is 24.6 Å². The zero-order valence-corrected chi connectivity index (χ0v) is 8.47. The summed E-state index contributed by atoms with van der Waals surface area (Å²) in [6.07, 6.45) is -3.17. The van der Waals surface area contributed by atoms with Gasteiger partial charge in [0, 0.05) is 5.56 Å². The molecule has 0 aliphatic heterocycles. The van der Waals surface area contributed by atoms with Crippen LogP contribution in [-0.4, -0.2) is 32.5 Å². The van der Waals surface area contributed by atoms with E-state index >= 15 is 0 Å². The van der Waals surface area contributed by atoms with Gasteiger partial charge in [0.05, 0.1) is 18.2 Å². The maximum atomic E-state index is 10.3. The molecule has 2 atom stereocenters. The molecule has 0 aromatic carbocycles. The second-order valence-electron chi connectivity index (χ2n) is 3.35. The Morgan fingerprint density at radius 3 is 2.47 bits per heavy atom. The molecule has 0 bridgehead atoms. The molecule has 6 heteroatoms. The standard InChI is InChI=1S/C9H13NO5/c1-4-8(5(2)15-10-4)9(14)6(11)3-7(12)13/h6,9,11,14H,3H2,1-2H3,(H,12,13). The number of hydrogen-bond donors (Lipinski definition) is 3.